The van der Waals surface area contributed by atoms with Crippen LogP contribution in [0, 0.1) is 20.8 Å². The number of Topliss-reactive ketones (excluding diaryl/α,β-unsaturated/α-hetero) is 1. The number of hydrogen-bond acceptors (Lipinski definition) is 2. The lowest BCUT2D eigenvalue weighted by Crippen LogP contribution is -2.04. The van der Waals surface area contributed by atoms with Crippen LogP contribution in [0.1, 0.15) is 33.0 Å². The number of furan rings is 1. The van der Waals surface area contributed by atoms with Crippen LogP contribution in [0.2, 0.25) is 5.02 Å². The average Bonchev–Trinajstić information content (AvgIpc) is 2.62. The van der Waals surface area contributed by atoms with Gasteiger partial charge in [-0.15, -0.1) is 0 Å². The van der Waals surface area contributed by atoms with Crippen molar-refractivity contribution in [2.75, 3.05) is 0 Å². The SMILES string of the molecule is Cc1ccc(CC(=O)c2cc(C)oc2C)c(Cl)c1. The van der Waals surface area contributed by atoms with Crippen LogP contribution < -0.4 is 0 Å². The molecule has 1 aromatic carbocycles. The largest absolute Gasteiger partial charge is 0.466 e. The molecular weight excluding hydrogens is 248 g/mol. The number of aryl methyl sites for hydroxylation is 3. The summed E-state index contributed by atoms with van der Waals surface area (Å²) in [5.41, 5.74) is 2.58. The van der Waals surface area contributed by atoms with Crippen molar-refractivity contribution in [3.8, 4) is 0 Å². The number of ketones is 1. The van der Waals surface area contributed by atoms with Gasteiger partial charge < -0.3 is 4.42 Å². The Labute approximate surface area is 112 Å². The Morgan fingerprint density at radius 1 is 1.22 bits per heavy atom. The van der Waals surface area contributed by atoms with E-state index >= 15 is 0 Å². The van der Waals surface area contributed by atoms with Gasteiger partial charge in [0, 0.05) is 11.4 Å². The highest BCUT2D eigenvalue weighted by molar-refractivity contribution is 6.31. The van der Waals surface area contributed by atoms with Gasteiger partial charge in [0.2, 0.25) is 0 Å². The van der Waals surface area contributed by atoms with E-state index in [0.717, 1.165) is 16.9 Å². The third-order valence-electron chi connectivity index (χ3n) is 2.90. The second kappa shape index (κ2) is 4.99. The molecule has 0 amide bonds. The van der Waals surface area contributed by atoms with Crippen molar-refractivity contribution in [1.82, 2.24) is 0 Å². The lowest BCUT2D eigenvalue weighted by molar-refractivity contribution is 0.0991. The van der Waals surface area contributed by atoms with E-state index < -0.39 is 0 Å². The minimum absolute atomic E-state index is 0.0371. The molecule has 1 heterocycles. The molecule has 0 aliphatic heterocycles. The summed E-state index contributed by atoms with van der Waals surface area (Å²) in [4.78, 5) is 12.2. The zero-order valence-corrected chi connectivity index (χ0v) is 11.5. The summed E-state index contributed by atoms with van der Waals surface area (Å²) < 4.78 is 5.37. The Balaban J connectivity index is 2.24. The highest BCUT2D eigenvalue weighted by Gasteiger charge is 2.15. The van der Waals surface area contributed by atoms with Crippen molar-refractivity contribution in [2.24, 2.45) is 0 Å². The number of halogens is 1. The van der Waals surface area contributed by atoms with Crippen LogP contribution in [0.4, 0.5) is 0 Å². The van der Waals surface area contributed by atoms with Crippen LogP contribution in [-0.2, 0) is 6.42 Å². The second-order valence-electron chi connectivity index (χ2n) is 4.52. The fraction of sp³-hybridized carbons (Fsp3) is 0.267. The van der Waals surface area contributed by atoms with Gasteiger partial charge in [-0.05, 0) is 44.0 Å². The van der Waals surface area contributed by atoms with Crippen molar-refractivity contribution < 1.29 is 9.21 Å². The lowest BCUT2D eigenvalue weighted by atomic mass is 10.0. The molecule has 0 N–H and O–H groups in total. The number of carbonyl (C=O) groups excluding carboxylic acids is 1. The summed E-state index contributed by atoms with van der Waals surface area (Å²) in [6.45, 7) is 5.61. The molecule has 0 saturated heterocycles. The second-order valence-corrected chi connectivity index (χ2v) is 4.93. The summed E-state index contributed by atoms with van der Waals surface area (Å²) in [6.07, 6.45) is 0.304. The van der Waals surface area contributed by atoms with Gasteiger partial charge in [0.1, 0.15) is 11.5 Å². The van der Waals surface area contributed by atoms with Crippen LogP contribution >= 0.6 is 11.6 Å². The normalized spacial score (nSPS) is 10.7. The minimum Gasteiger partial charge on any atom is -0.466 e. The first-order valence-corrected chi connectivity index (χ1v) is 6.20. The molecule has 1 aromatic heterocycles. The first-order chi connectivity index (χ1) is 8.47. The molecule has 2 aromatic rings. The van der Waals surface area contributed by atoms with Gasteiger partial charge in [-0.3, -0.25) is 4.79 Å². The minimum atomic E-state index is 0.0371. The van der Waals surface area contributed by atoms with Gasteiger partial charge >= 0.3 is 0 Å². The Kier molecular flexibility index (Phi) is 3.58. The molecule has 0 radical (unpaired) electrons. The van der Waals surface area contributed by atoms with Gasteiger partial charge in [-0.2, -0.15) is 0 Å². The summed E-state index contributed by atoms with van der Waals surface area (Å²) in [5, 5.41) is 0.640. The number of carbonyl (C=O) groups is 1. The molecule has 0 atom stereocenters. The standard InChI is InChI=1S/C15H15ClO2/c1-9-4-5-12(14(16)6-9)8-15(17)13-7-10(2)18-11(13)3/h4-7H,8H2,1-3H3. The first kappa shape index (κ1) is 12.9. The van der Waals surface area contributed by atoms with Crippen LogP contribution in [0.3, 0.4) is 0 Å². The van der Waals surface area contributed by atoms with E-state index in [-0.39, 0.29) is 5.78 Å². The first-order valence-electron chi connectivity index (χ1n) is 5.82. The molecule has 18 heavy (non-hydrogen) atoms. The molecule has 0 aliphatic carbocycles. The smallest absolute Gasteiger partial charge is 0.170 e. The molecule has 2 nitrogen and oxygen atoms in total. The molecule has 0 spiro atoms. The van der Waals surface area contributed by atoms with Gasteiger partial charge in [0.15, 0.2) is 5.78 Å². The molecule has 0 fully saturated rings. The summed E-state index contributed by atoms with van der Waals surface area (Å²) in [6, 6.07) is 7.51. The van der Waals surface area contributed by atoms with Crippen molar-refractivity contribution in [3.63, 3.8) is 0 Å². The maximum atomic E-state index is 12.2. The predicted molar refractivity (Wildman–Crippen MR) is 72.4 cm³/mol. The van der Waals surface area contributed by atoms with Gasteiger partial charge in [-0.25, -0.2) is 0 Å². The van der Waals surface area contributed by atoms with Crippen LogP contribution in [0.25, 0.3) is 0 Å². The summed E-state index contributed by atoms with van der Waals surface area (Å²) in [5.74, 6) is 1.46. The topological polar surface area (TPSA) is 30.2 Å². The van der Waals surface area contributed by atoms with Crippen molar-refractivity contribution in [3.05, 3.63) is 57.5 Å². The van der Waals surface area contributed by atoms with Gasteiger partial charge in [-0.1, -0.05) is 23.7 Å². The van der Waals surface area contributed by atoms with Gasteiger partial charge in [0.25, 0.3) is 0 Å². The molecule has 0 unspecified atom stereocenters. The fourth-order valence-corrected chi connectivity index (χ4v) is 2.27. The molecule has 2 rings (SSSR count). The molecular formula is C15H15ClO2. The van der Waals surface area contributed by atoms with Gasteiger partial charge in [0.05, 0.1) is 5.56 Å². The highest BCUT2D eigenvalue weighted by atomic mass is 35.5. The van der Waals surface area contributed by atoms with E-state index in [9.17, 15) is 4.79 Å². The lowest BCUT2D eigenvalue weighted by Gasteiger charge is -2.04. The van der Waals surface area contributed by atoms with E-state index in [2.05, 4.69) is 0 Å². The average molecular weight is 263 g/mol. The Morgan fingerprint density at radius 2 is 1.94 bits per heavy atom. The highest BCUT2D eigenvalue weighted by Crippen LogP contribution is 2.21. The third kappa shape index (κ3) is 2.65. The zero-order chi connectivity index (χ0) is 13.3. The summed E-state index contributed by atoms with van der Waals surface area (Å²) in [7, 11) is 0. The molecule has 0 saturated carbocycles. The Bertz CT molecular complexity index is 597. The van der Waals surface area contributed by atoms with Crippen LogP contribution in [0.5, 0.6) is 0 Å². The zero-order valence-electron chi connectivity index (χ0n) is 10.7. The maximum Gasteiger partial charge on any atom is 0.170 e. The van der Waals surface area contributed by atoms with Crippen LogP contribution in [-0.4, -0.2) is 5.78 Å². The Morgan fingerprint density at radius 3 is 2.50 bits per heavy atom. The number of hydrogen-bond donors (Lipinski definition) is 0. The van der Waals surface area contributed by atoms with Crippen molar-refractivity contribution in [2.45, 2.75) is 27.2 Å². The third-order valence-corrected chi connectivity index (χ3v) is 3.25. The molecule has 0 bridgehead atoms. The molecule has 3 heteroatoms. The monoisotopic (exact) mass is 262 g/mol. The summed E-state index contributed by atoms with van der Waals surface area (Å²) >= 11 is 6.13. The fourth-order valence-electron chi connectivity index (χ4n) is 1.97. The molecule has 94 valence electrons. The van der Waals surface area contributed by atoms with E-state index in [0.29, 0.717) is 22.8 Å². The maximum absolute atomic E-state index is 12.2. The molecule has 0 aliphatic rings. The predicted octanol–water partition coefficient (Wildman–Crippen LogP) is 4.28. The van der Waals surface area contributed by atoms with E-state index in [1.165, 1.54) is 0 Å². The van der Waals surface area contributed by atoms with E-state index in [4.69, 9.17) is 16.0 Å². The Hall–Kier alpha value is -1.54. The van der Waals surface area contributed by atoms with E-state index in [1.807, 2.05) is 32.0 Å². The number of benzene rings is 1. The number of rotatable bonds is 3. The van der Waals surface area contributed by atoms with Crippen molar-refractivity contribution in [1.29, 1.82) is 0 Å². The van der Waals surface area contributed by atoms with Crippen LogP contribution in [0.15, 0.2) is 28.7 Å². The van der Waals surface area contributed by atoms with E-state index in [1.54, 1.807) is 13.0 Å². The quantitative estimate of drug-likeness (QED) is 0.773. The van der Waals surface area contributed by atoms with Crippen molar-refractivity contribution >= 4 is 17.4 Å².